The number of benzene rings is 1. The van der Waals surface area contributed by atoms with Crippen molar-refractivity contribution in [1.29, 1.82) is 0 Å². The summed E-state index contributed by atoms with van der Waals surface area (Å²) < 4.78 is 1.75. The van der Waals surface area contributed by atoms with Crippen LogP contribution in [0, 0.1) is 12.8 Å². The Hall–Kier alpha value is -2.63. The molecule has 2 aromatic rings. The number of nitrogens with zero attached hydrogens (tertiary/aromatic N) is 2. The van der Waals surface area contributed by atoms with E-state index in [0.29, 0.717) is 18.4 Å². The predicted octanol–water partition coefficient (Wildman–Crippen LogP) is 1.77. The molecule has 114 valence electrons. The molecule has 1 amide bonds. The molecule has 1 aliphatic carbocycles. The highest BCUT2D eigenvalue weighted by atomic mass is 16.4. The van der Waals surface area contributed by atoms with Gasteiger partial charge in [-0.3, -0.25) is 9.59 Å². The van der Waals surface area contributed by atoms with Crippen LogP contribution in [0.1, 0.15) is 28.9 Å². The van der Waals surface area contributed by atoms with Crippen LogP contribution in [0.4, 0.5) is 0 Å². The Labute approximate surface area is 127 Å². The van der Waals surface area contributed by atoms with Crippen LogP contribution in [0.2, 0.25) is 0 Å². The second-order valence-corrected chi connectivity index (χ2v) is 5.63. The van der Waals surface area contributed by atoms with E-state index in [0.717, 1.165) is 11.4 Å². The average molecular weight is 299 g/mol. The fourth-order valence-electron chi connectivity index (χ4n) is 2.53. The molecule has 1 aromatic carbocycles. The molecule has 6 heteroatoms. The molecule has 22 heavy (non-hydrogen) atoms. The van der Waals surface area contributed by atoms with E-state index in [2.05, 4.69) is 10.4 Å². The third-order valence-electron chi connectivity index (χ3n) is 3.94. The Kier molecular flexibility index (Phi) is 3.66. The lowest BCUT2D eigenvalue weighted by atomic mass is 9.80. The highest BCUT2D eigenvalue weighted by Gasteiger charge is 2.35. The lowest BCUT2D eigenvalue weighted by Gasteiger charge is -2.32. The molecular weight excluding hydrogens is 282 g/mol. The Bertz CT molecular complexity index is 700. The first kappa shape index (κ1) is 14.3. The molecule has 0 saturated heterocycles. The number of nitrogens with one attached hydrogen (secondary N) is 1. The second-order valence-electron chi connectivity index (χ2n) is 5.63. The molecule has 0 bridgehead atoms. The number of carbonyl (C=O) groups is 2. The van der Waals surface area contributed by atoms with Crippen molar-refractivity contribution in [3.63, 3.8) is 0 Å². The molecule has 1 aliphatic rings. The number of amides is 1. The van der Waals surface area contributed by atoms with Crippen molar-refractivity contribution in [2.75, 3.05) is 0 Å². The van der Waals surface area contributed by atoms with Gasteiger partial charge < -0.3 is 10.4 Å². The second kappa shape index (κ2) is 5.63. The minimum Gasteiger partial charge on any atom is -0.481 e. The highest BCUT2D eigenvalue weighted by Crippen LogP contribution is 2.27. The first-order valence-corrected chi connectivity index (χ1v) is 7.19. The summed E-state index contributed by atoms with van der Waals surface area (Å²) in [6, 6.07) is 9.03. The Morgan fingerprint density at radius 1 is 1.23 bits per heavy atom. The summed E-state index contributed by atoms with van der Waals surface area (Å²) in [7, 11) is 0. The molecule has 1 aromatic heterocycles. The van der Waals surface area contributed by atoms with Crippen molar-refractivity contribution in [2.24, 2.45) is 5.92 Å². The molecule has 0 radical (unpaired) electrons. The fourth-order valence-corrected chi connectivity index (χ4v) is 2.53. The maximum absolute atomic E-state index is 12.1. The molecule has 1 fully saturated rings. The third kappa shape index (κ3) is 2.86. The topological polar surface area (TPSA) is 84.2 Å². The molecule has 0 aliphatic heterocycles. The van der Waals surface area contributed by atoms with E-state index in [1.165, 1.54) is 0 Å². The number of rotatable bonds is 4. The van der Waals surface area contributed by atoms with Crippen LogP contribution in [0.15, 0.2) is 36.5 Å². The van der Waals surface area contributed by atoms with Crippen molar-refractivity contribution >= 4 is 11.9 Å². The van der Waals surface area contributed by atoms with Crippen LogP contribution in [0.5, 0.6) is 0 Å². The third-order valence-corrected chi connectivity index (χ3v) is 3.94. The SMILES string of the molecule is Cc1ccn(-c2ccc(C(=O)NC3CC(C(=O)O)C3)cc2)n1. The van der Waals surface area contributed by atoms with Gasteiger partial charge in [-0.2, -0.15) is 5.10 Å². The number of carboxylic acid groups (broad SMARTS) is 1. The van der Waals surface area contributed by atoms with Gasteiger partial charge in [0, 0.05) is 17.8 Å². The van der Waals surface area contributed by atoms with Crippen LogP contribution in [0.25, 0.3) is 5.69 Å². The Balaban J connectivity index is 1.61. The van der Waals surface area contributed by atoms with Gasteiger partial charge in [-0.15, -0.1) is 0 Å². The number of aliphatic carboxylic acids is 1. The zero-order chi connectivity index (χ0) is 15.7. The van der Waals surface area contributed by atoms with Gasteiger partial charge in [0.1, 0.15) is 0 Å². The first-order valence-electron chi connectivity index (χ1n) is 7.19. The van der Waals surface area contributed by atoms with E-state index in [4.69, 9.17) is 5.11 Å². The number of carbonyl (C=O) groups excluding carboxylic acids is 1. The van der Waals surface area contributed by atoms with Gasteiger partial charge >= 0.3 is 5.97 Å². The molecule has 0 spiro atoms. The summed E-state index contributed by atoms with van der Waals surface area (Å²) in [5.74, 6) is -1.28. The van der Waals surface area contributed by atoms with Crippen molar-refractivity contribution in [3.8, 4) is 5.69 Å². The van der Waals surface area contributed by atoms with Gasteiger partial charge in [0.2, 0.25) is 0 Å². The Morgan fingerprint density at radius 3 is 2.45 bits per heavy atom. The maximum Gasteiger partial charge on any atom is 0.306 e. The zero-order valence-electron chi connectivity index (χ0n) is 12.2. The van der Waals surface area contributed by atoms with E-state index in [1.807, 2.05) is 31.3 Å². The summed E-state index contributed by atoms with van der Waals surface area (Å²) in [6.07, 6.45) is 2.88. The first-order chi connectivity index (χ1) is 10.5. The van der Waals surface area contributed by atoms with E-state index in [9.17, 15) is 9.59 Å². The molecule has 6 nitrogen and oxygen atoms in total. The predicted molar refractivity (Wildman–Crippen MR) is 79.9 cm³/mol. The van der Waals surface area contributed by atoms with Gasteiger partial charge in [-0.25, -0.2) is 4.68 Å². The molecule has 2 N–H and O–H groups in total. The van der Waals surface area contributed by atoms with Gasteiger partial charge in [-0.1, -0.05) is 0 Å². The normalized spacial score (nSPS) is 20.2. The molecule has 0 atom stereocenters. The van der Waals surface area contributed by atoms with E-state index < -0.39 is 5.97 Å². The molecular formula is C16H17N3O3. The minimum atomic E-state index is -0.788. The number of carboxylic acids is 1. The molecule has 1 saturated carbocycles. The molecule has 3 rings (SSSR count). The monoisotopic (exact) mass is 299 g/mol. The van der Waals surface area contributed by atoms with E-state index in [1.54, 1.807) is 16.8 Å². The van der Waals surface area contributed by atoms with Gasteiger partial charge in [0.05, 0.1) is 17.3 Å². The smallest absolute Gasteiger partial charge is 0.306 e. The van der Waals surface area contributed by atoms with Crippen LogP contribution in [0.3, 0.4) is 0 Å². The van der Waals surface area contributed by atoms with Crippen molar-refractivity contribution in [1.82, 2.24) is 15.1 Å². The standard InChI is InChI=1S/C16H17N3O3/c1-10-6-7-19(18-10)14-4-2-11(3-5-14)15(20)17-13-8-12(9-13)16(21)22/h2-7,12-13H,8-9H2,1H3,(H,17,20)(H,21,22). The lowest BCUT2D eigenvalue weighted by Crippen LogP contribution is -2.46. The quantitative estimate of drug-likeness (QED) is 0.901. The summed E-state index contributed by atoms with van der Waals surface area (Å²) >= 11 is 0. The average Bonchev–Trinajstić information content (AvgIpc) is 2.88. The molecule has 0 unspecified atom stereocenters. The van der Waals surface area contributed by atoms with Gasteiger partial charge in [-0.05, 0) is 50.1 Å². The van der Waals surface area contributed by atoms with Crippen LogP contribution in [-0.4, -0.2) is 32.8 Å². The maximum atomic E-state index is 12.1. The number of hydrogen-bond donors (Lipinski definition) is 2. The summed E-state index contributed by atoms with van der Waals surface area (Å²) in [6.45, 7) is 1.92. The van der Waals surface area contributed by atoms with Gasteiger partial charge in [0.15, 0.2) is 0 Å². The van der Waals surface area contributed by atoms with Crippen LogP contribution in [-0.2, 0) is 4.79 Å². The van der Waals surface area contributed by atoms with E-state index in [-0.39, 0.29) is 17.9 Å². The highest BCUT2D eigenvalue weighted by molar-refractivity contribution is 5.94. The number of aryl methyl sites for hydroxylation is 1. The fraction of sp³-hybridized carbons (Fsp3) is 0.312. The number of hydrogen-bond acceptors (Lipinski definition) is 3. The lowest BCUT2D eigenvalue weighted by molar-refractivity contribution is -0.145. The van der Waals surface area contributed by atoms with Crippen LogP contribution < -0.4 is 5.32 Å². The minimum absolute atomic E-state index is 0.0398. The summed E-state index contributed by atoms with van der Waals surface area (Å²) in [5.41, 5.74) is 2.38. The van der Waals surface area contributed by atoms with Crippen molar-refractivity contribution in [3.05, 3.63) is 47.8 Å². The number of aromatic nitrogens is 2. The summed E-state index contributed by atoms with van der Waals surface area (Å²) in [5, 5.41) is 16.0. The van der Waals surface area contributed by atoms with Crippen molar-refractivity contribution in [2.45, 2.75) is 25.8 Å². The van der Waals surface area contributed by atoms with Gasteiger partial charge in [0.25, 0.3) is 5.91 Å². The largest absolute Gasteiger partial charge is 0.481 e. The zero-order valence-corrected chi connectivity index (χ0v) is 12.2. The van der Waals surface area contributed by atoms with Crippen LogP contribution >= 0.6 is 0 Å². The van der Waals surface area contributed by atoms with Crippen molar-refractivity contribution < 1.29 is 14.7 Å². The molecule has 1 heterocycles. The summed E-state index contributed by atoms with van der Waals surface area (Å²) in [4.78, 5) is 22.8. The Morgan fingerprint density at radius 2 is 1.91 bits per heavy atom. The van der Waals surface area contributed by atoms with E-state index >= 15 is 0 Å².